The Hall–Kier alpha value is -6.96. The zero-order valence-electron chi connectivity index (χ0n) is 26.3. The van der Waals surface area contributed by atoms with E-state index >= 15 is 0 Å². The van der Waals surface area contributed by atoms with Crippen molar-refractivity contribution in [3.8, 4) is 47.4 Å². The number of rotatable bonds is 3. The summed E-state index contributed by atoms with van der Waals surface area (Å²) >= 11 is 0. The van der Waals surface area contributed by atoms with Gasteiger partial charge in [-0.2, -0.15) is 0 Å². The van der Waals surface area contributed by atoms with Gasteiger partial charge in [0.25, 0.3) is 0 Å². The van der Waals surface area contributed by atoms with Crippen molar-refractivity contribution in [2.45, 2.75) is 0 Å². The minimum Gasteiger partial charge on any atom is -0.0622 e. The molecule has 0 heterocycles. The van der Waals surface area contributed by atoms with Gasteiger partial charge >= 0.3 is 0 Å². The number of hydrogen-bond donors (Lipinski definition) is 0. The lowest BCUT2D eigenvalue weighted by Gasteiger charge is -2.16. The van der Waals surface area contributed by atoms with Gasteiger partial charge in [0.15, 0.2) is 0 Å². The average molecular weight is 607 g/mol. The topological polar surface area (TPSA) is 0 Å². The number of allylic oxidation sites excluding steroid dienone is 4. The van der Waals surface area contributed by atoms with E-state index in [4.69, 9.17) is 0 Å². The third kappa shape index (κ3) is 8.60. The van der Waals surface area contributed by atoms with E-state index in [0.717, 1.165) is 44.5 Å². The molecule has 6 rings (SSSR count). The Labute approximate surface area is 284 Å². The van der Waals surface area contributed by atoms with Gasteiger partial charge in [0.2, 0.25) is 0 Å². The molecule has 0 nitrogen and oxygen atoms in total. The van der Waals surface area contributed by atoms with E-state index in [1.165, 1.54) is 0 Å². The van der Waals surface area contributed by atoms with Crippen LogP contribution in [0.25, 0.3) is 11.1 Å². The lowest BCUT2D eigenvalue weighted by Crippen LogP contribution is -1.99. The standard InChI is InChI=1S/C48H30/c1-7-19-39(20-8-1)31-35-45(36-32-40-21-9-2-10-22-40)47(43-27-15-5-16-28-43)48(44-29-17-6-18-30-44)46(37-33-41-23-11-3-12-24-41)38-34-42-25-13-4-14-26-42/h1-30H. The first-order chi connectivity index (χ1) is 23.8. The second kappa shape index (κ2) is 16.4. The van der Waals surface area contributed by atoms with E-state index in [0.29, 0.717) is 11.1 Å². The normalized spacial score (nSPS) is 9.42. The number of hydrogen-bond acceptors (Lipinski definition) is 0. The predicted molar refractivity (Wildman–Crippen MR) is 200 cm³/mol. The highest BCUT2D eigenvalue weighted by molar-refractivity contribution is 6.11. The van der Waals surface area contributed by atoms with Gasteiger partial charge in [-0.25, -0.2) is 0 Å². The van der Waals surface area contributed by atoms with Gasteiger partial charge in [-0.1, -0.05) is 181 Å². The fourth-order valence-electron chi connectivity index (χ4n) is 4.97. The molecule has 0 N–H and O–H groups in total. The molecule has 0 aliphatic rings. The predicted octanol–water partition coefficient (Wildman–Crippen LogP) is 10.1. The summed E-state index contributed by atoms with van der Waals surface area (Å²) in [5.74, 6) is 27.5. The highest BCUT2D eigenvalue weighted by atomic mass is 14.2. The van der Waals surface area contributed by atoms with Crippen molar-refractivity contribution in [3.63, 3.8) is 0 Å². The third-order valence-electron chi connectivity index (χ3n) is 7.30. The van der Waals surface area contributed by atoms with Crippen LogP contribution in [0.15, 0.2) is 193 Å². The molecule has 0 atom stereocenters. The molecule has 0 aliphatic carbocycles. The van der Waals surface area contributed by atoms with Gasteiger partial charge in [-0.05, 0) is 59.7 Å². The molecule has 0 amide bonds. The van der Waals surface area contributed by atoms with Crippen LogP contribution in [0.3, 0.4) is 0 Å². The van der Waals surface area contributed by atoms with E-state index in [9.17, 15) is 0 Å². The smallest absolute Gasteiger partial charge is 0.0622 e. The highest BCUT2D eigenvalue weighted by Crippen LogP contribution is 2.36. The van der Waals surface area contributed by atoms with Gasteiger partial charge in [-0.3, -0.25) is 0 Å². The maximum absolute atomic E-state index is 3.48. The Balaban J connectivity index is 1.74. The zero-order chi connectivity index (χ0) is 32.6. The Kier molecular flexibility index (Phi) is 10.6. The molecule has 6 aromatic rings. The quantitative estimate of drug-likeness (QED) is 0.139. The molecule has 0 bridgehead atoms. The van der Waals surface area contributed by atoms with Crippen LogP contribution in [0.5, 0.6) is 0 Å². The molecule has 0 heteroatoms. The van der Waals surface area contributed by atoms with Crippen LogP contribution >= 0.6 is 0 Å². The van der Waals surface area contributed by atoms with Crippen molar-refractivity contribution in [3.05, 3.63) is 227 Å². The monoisotopic (exact) mass is 606 g/mol. The first-order valence-corrected chi connectivity index (χ1v) is 15.7. The van der Waals surface area contributed by atoms with Gasteiger partial charge in [-0.15, -0.1) is 0 Å². The molecular formula is C48H30. The second-order valence-electron chi connectivity index (χ2n) is 10.7. The molecule has 222 valence electrons. The molecule has 0 aliphatic heterocycles. The molecule has 6 aromatic carbocycles. The molecule has 0 aromatic heterocycles. The van der Waals surface area contributed by atoms with Crippen molar-refractivity contribution in [1.29, 1.82) is 0 Å². The summed E-state index contributed by atoms with van der Waals surface area (Å²) in [5, 5.41) is 0. The molecular weight excluding hydrogens is 577 g/mol. The third-order valence-corrected chi connectivity index (χ3v) is 7.30. The fourth-order valence-corrected chi connectivity index (χ4v) is 4.97. The SMILES string of the molecule is C(#Cc1ccccc1)C(C#Cc1ccccc1)=C(C(=C(C#Cc1ccccc1)C#Cc1ccccc1)c1ccccc1)c1ccccc1. The first kappa shape index (κ1) is 31.0. The van der Waals surface area contributed by atoms with E-state index in [1.54, 1.807) is 0 Å². The van der Waals surface area contributed by atoms with E-state index in [-0.39, 0.29) is 0 Å². The second-order valence-corrected chi connectivity index (χ2v) is 10.7. The summed E-state index contributed by atoms with van der Waals surface area (Å²) < 4.78 is 0. The van der Waals surface area contributed by atoms with Crippen molar-refractivity contribution in [1.82, 2.24) is 0 Å². The molecule has 0 spiro atoms. The van der Waals surface area contributed by atoms with Crippen molar-refractivity contribution < 1.29 is 0 Å². The molecule has 0 fully saturated rings. The Morgan fingerprint density at radius 2 is 0.458 bits per heavy atom. The van der Waals surface area contributed by atoms with Crippen molar-refractivity contribution in [2.24, 2.45) is 0 Å². The summed E-state index contributed by atoms with van der Waals surface area (Å²) in [7, 11) is 0. The summed E-state index contributed by atoms with van der Waals surface area (Å²) in [6, 6.07) is 60.5. The highest BCUT2D eigenvalue weighted by Gasteiger charge is 2.18. The summed E-state index contributed by atoms with van der Waals surface area (Å²) in [5.41, 5.74) is 8.64. The van der Waals surface area contributed by atoms with E-state index in [1.807, 2.05) is 158 Å². The van der Waals surface area contributed by atoms with Crippen molar-refractivity contribution >= 4 is 11.1 Å². The molecule has 0 unspecified atom stereocenters. The van der Waals surface area contributed by atoms with Gasteiger partial charge in [0, 0.05) is 33.4 Å². The Morgan fingerprint density at radius 1 is 0.250 bits per heavy atom. The van der Waals surface area contributed by atoms with E-state index < -0.39 is 0 Å². The number of benzene rings is 6. The summed E-state index contributed by atoms with van der Waals surface area (Å²) in [4.78, 5) is 0. The van der Waals surface area contributed by atoms with Crippen LogP contribution < -0.4 is 0 Å². The fraction of sp³-hybridized carbons (Fsp3) is 0. The molecule has 48 heavy (non-hydrogen) atoms. The zero-order valence-corrected chi connectivity index (χ0v) is 26.3. The summed E-state index contributed by atoms with van der Waals surface area (Å²) in [6.07, 6.45) is 0. The van der Waals surface area contributed by atoms with Crippen molar-refractivity contribution in [2.75, 3.05) is 0 Å². The molecule has 0 radical (unpaired) electrons. The van der Waals surface area contributed by atoms with Crippen LogP contribution in [0.1, 0.15) is 33.4 Å². The maximum atomic E-state index is 3.48. The summed E-state index contributed by atoms with van der Waals surface area (Å²) in [6.45, 7) is 0. The van der Waals surface area contributed by atoms with Gasteiger partial charge in [0.1, 0.15) is 0 Å². The van der Waals surface area contributed by atoms with Crippen LogP contribution in [0.2, 0.25) is 0 Å². The van der Waals surface area contributed by atoms with Gasteiger partial charge in [0.05, 0.1) is 11.1 Å². The van der Waals surface area contributed by atoms with E-state index in [2.05, 4.69) is 71.6 Å². The minimum atomic E-state index is 0.674. The largest absolute Gasteiger partial charge is 0.0836 e. The lowest BCUT2D eigenvalue weighted by molar-refractivity contribution is 1.56. The lowest BCUT2D eigenvalue weighted by atomic mass is 9.85. The average Bonchev–Trinajstić information content (AvgIpc) is 3.17. The van der Waals surface area contributed by atoms with Crippen LogP contribution in [0.4, 0.5) is 0 Å². The van der Waals surface area contributed by atoms with Gasteiger partial charge < -0.3 is 0 Å². The van der Waals surface area contributed by atoms with Crippen LogP contribution in [0, 0.1) is 47.4 Å². The maximum Gasteiger partial charge on any atom is 0.0836 e. The van der Waals surface area contributed by atoms with Crippen LogP contribution in [-0.2, 0) is 0 Å². The first-order valence-electron chi connectivity index (χ1n) is 15.7. The molecule has 0 saturated carbocycles. The Morgan fingerprint density at radius 3 is 0.688 bits per heavy atom. The molecule has 0 saturated heterocycles. The minimum absolute atomic E-state index is 0.674. The Bertz CT molecular complexity index is 1990. The van der Waals surface area contributed by atoms with Crippen LogP contribution in [-0.4, -0.2) is 0 Å².